The maximum atomic E-state index is 12.3. The van der Waals surface area contributed by atoms with E-state index in [2.05, 4.69) is 4.98 Å². The topological polar surface area (TPSA) is 84.9 Å². The molecule has 1 atom stereocenters. The van der Waals surface area contributed by atoms with Crippen LogP contribution in [-0.4, -0.2) is 40.2 Å². The first-order chi connectivity index (χ1) is 12.5. The van der Waals surface area contributed by atoms with Crippen molar-refractivity contribution in [2.24, 2.45) is 0 Å². The Hall–Kier alpha value is -2.45. The van der Waals surface area contributed by atoms with E-state index in [9.17, 15) is 13.2 Å². The predicted octanol–water partition coefficient (Wildman–Crippen LogP) is 1.48. The Bertz CT molecular complexity index is 1070. The molecule has 0 aromatic carbocycles. The lowest BCUT2D eigenvalue weighted by Crippen LogP contribution is -2.36. The van der Waals surface area contributed by atoms with Gasteiger partial charge in [-0.15, -0.1) is 0 Å². The van der Waals surface area contributed by atoms with E-state index in [-0.39, 0.29) is 23.1 Å². The molecule has 0 spiro atoms. The first kappa shape index (κ1) is 17.0. The van der Waals surface area contributed by atoms with Gasteiger partial charge in [0.25, 0.3) is 5.56 Å². The van der Waals surface area contributed by atoms with Gasteiger partial charge >= 0.3 is 0 Å². The zero-order chi connectivity index (χ0) is 18.1. The molecular weight excluding hydrogens is 354 g/mol. The third-order valence-corrected chi connectivity index (χ3v) is 6.40. The van der Waals surface area contributed by atoms with Crippen molar-refractivity contribution in [2.75, 3.05) is 11.5 Å². The molecule has 0 radical (unpaired) electrons. The van der Waals surface area contributed by atoms with Crippen LogP contribution in [0.4, 0.5) is 0 Å². The van der Waals surface area contributed by atoms with Crippen molar-refractivity contribution < 1.29 is 12.8 Å². The first-order valence-corrected chi connectivity index (χ1v) is 10.3. The van der Waals surface area contributed by atoms with E-state index >= 15 is 0 Å². The highest BCUT2D eigenvalue weighted by molar-refractivity contribution is 7.91. The van der Waals surface area contributed by atoms with Crippen molar-refractivity contribution in [3.05, 3.63) is 70.7 Å². The fraction of sp³-hybridized carbons (Fsp3) is 0.333. The molecule has 1 aliphatic rings. The summed E-state index contributed by atoms with van der Waals surface area (Å²) in [5.74, 6) is 1.08. The Labute approximate surface area is 150 Å². The van der Waals surface area contributed by atoms with Crippen molar-refractivity contribution in [3.63, 3.8) is 0 Å². The zero-order valence-electron chi connectivity index (χ0n) is 14.1. The van der Waals surface area contributed by atoms with E-state index < -0.39 is 9.84 Å². The second kappa shape index (κ2) is 6.69. The zero-order valence-corrected chi connectivity index (χ0v) is 14.9. The van der Waals surface area contributed by atoms with Crippen LogP contribution in [0.25, 0.3) is 5.65 Å². The molecule has 1 fully saturated rings. The lowest BCUT2D eigenvalue weighted by Gasteiger charge is -2.26. The van der Waals surface area contributed by atoms with Gasteiger partial charge in [-0.2, -0.15) is 0 Å². The highest BCUT2D eigenvalue weighted by Gasteiger charge is 2.33. The molecule has 0 aliphatic carbocycles. The summed E-state index contributed by atoms with van der Waals surface area (Å²) in [6.45, 7) is 0.866. The van der Waals surface area contributed by atoms with Crippen LogP contribution in [0.3, 0.4) is 0 Å². The van der Waals surface area contributed by atoms with Gasteiger partial charge in [0.2, 0.25) is 0 Å². The predicted molar refractivity (Wildman–Crippen MR) is 96.5 cm³/mol. The monoisotopic (exact) mass is 373 g/mol. The fourth-order valence-electron chi connectivity index (χ4n) is 3.37. The molecule has 0 N–H and O–H groups in total. The molecule has 0 bridgehead atoms. The molecule has 136 valence electrons. The fourth-order valence-corrected chi connectivity index (χ4v) is 5.13. The van der Waals surface area contributed by atoms with E-state index in [4.69, 9.17) is 4.42 Å². The number of furan rings is 1. The van der Waals surface area contributed by atoms with Crippen LogP contribution in [0.2, 0.25) is 0 Å². The molecule has 4 rings (SSSR count). The standard InChI is InChI=1S/C18H19N3O4S/c22-18-10-14(19-17-5-1-2-7-21(17)18)11-20(12-16-4-3-8-25-16)15-6-9-26(23,24)13-15/h1-5,7-8,10,15H,6,9,11-13H2/t15-/m1/s1. The van der Waals surface area contributed by atoms with Gasteiger partial charge < -0.3 is 4.42 Å². The molecule has 7 nitrogen and oxygen atoms in total. The summed E-state index contributed by atoms with van der Waals surface area (Å²) in [6.07, 6.45) is 3.85. The van der Waals surface area contributed by atoms with Crippen LogP contribution >= 0.6 is 0 Å². The molecule has 0 amide bonds. The SMILES string of the molecule is O=c1cc(CN(Cc2ccco2)[C@@H]2CCS(=O)(=O)C2)nc2ccccn12. The van der Waals surface area contributed by atoms with Crippen LogP contribution in [0, 0.1) is 0 Å². The summed E-state index contributed by atoms with van der Waals surface area (Å²) in [7, 11) is -3.01. The summed E-state index contributed by atoms with van der Waals surface area (Å²) in [5.41, 5.74) is 1.05. The molecular formula is C18H19N3O4S. The molecule has 0 saturated carbocycles. The molecule has 8 heteroatoms. The molecule has 26 heavy (non-hydrogen) atoms. The highest BCUT2D eigenvalue weighted by atomic mass is 32.2. The minimum Gasteiger partial charge on any atom is -0.468 e. The third kappa shape index (κ3) is 3.56. The van der Waals surface area contributed by atoms with Crippen molar-refractivity contribution in [2.45, 2.75) is 25.6 Å². The van der Waals surface area contributed by atoms with Crippen molar-refractivity contribution >= 4 is 15.5 Å². The third-order valence-electron chi connectivity index (χ3n) is 4.65. The average molecular weight is 373 g/mol. The number of nitrogens with zero attached hydrogens (tertiary/aromatic N) is 3. The minimum atomic E-state index is -3.01. The van der Waals surface area contributed by atoms with Crippen molar-refractivity contribution in [1.82, 2.24) is 14.3 Å². The number of aromatic nitrogens is 2. The molecule has 4 heterocycles. The highest BCUT2D eigenvalue weighted by Crippen LogP contribution is 2.22. The maximum absolute atomic E-state index is 12.3. The maximum Gasteiger partial charge on any atom is 0.258 e. The van der Waals surface area contributed by atoms with E-state index in [0.29, 0.717) is 30.9 Å². The first-order valence-electron chi connectivity index (χ1n) is 8.44. The van der Waals surface area contributed by atoms with Gasteiger partial charge in [0.05, 0.1) is 30.0 Å². The number of fused-ring (bicyclic) bond motifs is 1. The largest absolute Gasteiger partial charge is 0.468 e. The molecule has 0 unspecified atom stereocenters. The smallest absolute Gasteiger partial charge is 0.258 e. The molecule has 3 aromatic rings. The Kier molecular flexibility index (Phi) is 4.37. The second-order valence-corrected chi connectivity index (χ2v) is 8.78. The lowest BCUT2D eigenvalue weighted by atomic mass is 10.2. The Morgan fingerprint density at radius 2 is 2.12 bits per heavy atom. The summed E-state index contributed by atoms with van der Waals surface area (Å²) < 4.78 is 30.7. The minimum absolute atomic E-state index is 0.110. The van der Waals surface area contributed by atoms with E-state index in [1.165, 1.54) is 10.5 Å². The van der Waals surface area contributed by atoms with E-state index in [0.717, 1.165) is 5.76 Å². The molecule has 3 aromatic heterocycles. The number of pyridine rings is 1. The van der Waals surface area contributed by atoms with Gasteiger partial charge in [0.1, 0.15) is 11.4 Å². The quantitative estimate of drug-likeness (QED) is 0.673. The molecule has 1 aliphatic heterocycles. The normalized spacial score (nSPS) is 19.3. The Morgan fingerprint density at radius 3 is 2.85 bits per heavy atom. The summed E-state index contributed by atoms with van der Waals surface area (Å²) in [5, 5.41) is 0. The number of sulfone groups is 1. The van der Waals surface area contributed by atoms with Crippen molar-refractivity contribution in [1.29, 1.82) is 0 Å². The molecule has 1 saturated heterocycles. The summed E-state index contributed by atoms with van der Waals surface area (Å²) in [4.78, 5) is 18.9. The van der Waals surface area contributed by atoms with Gasteiger partial charge in [-0.25, -0.2) is 13.4 Å². The van der Waals surface area contributed by atoms with E-state index in [1.54, 1.807) is 30.7 Å². The van der Waals surface area contributed by atoms with E-state index in [1.807, 2.05) is 17.0 Å². The van der Waals surface area contributed by atoms with Gasteiger partial charge in [-0.05, 0) is 30.7 Å². The van der Waals surface area contributed by atoms with Crippen LogP contribution in [-0.2, 0) is 22.9 Å². The Morgan fingerprint density at radius 1 is 1.23 bits per heavy atom. The van der Waals surface area contributed by atoms with Crippen molar-refractivity contribution in [3.8, 4) is 0 Å². The van der Waals surface area contributed by atoms with Crippen LogP contribution < -0.4 is 5.56 Å². The number of rotatable bonds is 5. The lowest BCUT2D eigenvalue weighted by molar-refractivity contribution is 0.177. The van der Waals surface area contributed by atoms with Gasteiger partial charge in [0, 0.05) is 24.8 Å². The Balaban J connectivity index is 1.65. The van der Waals surface area contributed by atoms with Crippen LogP contribution in [0.15, 0.2) is 58.1 Å². The van der Waals surface area contributed by atoms with Crippen LogP contribution in [0.5, 0.6) is 0 Å². The number of hydrogen-bond donors (Lipinski definition) is 0. The van der Waals surface area contributed by atoms with Crippen LogP contribution in [0.1, 0.15) is 17.9 Å². The number of hydrogen-bond acceptors (Lipinski definition) is 6. The van der Waals surface area contributed by atoms with Gasteiger partial charge in [-0.3, -0.25) is 14.1 Å². The summed E-state index contributed by atoms with van der Waals surface area (Å²) >= 11 is 0. The summed E-state index contributed by atoms with van der Waals surface area (Å²) in [6, 6.07) is 10.4. The average Bonchev–Trinajstić information content (AvgIpc) is 3.23. The van der Waals surface area contributed by atoms with Gasteiger partial charge in [0.15, 0.2) is 9.84 Å². The second-order valence-electron chi connectivity index (χ2n) is 6.56. The van der Waals surface area contributed by atoms with Gasteiger partial charge in [-0.1, -0.05) is 6.07 Å².